The van der Waals surface area contributed by atoms with Gasteiger partial charge in [-0.15, -0.1) is 0 Å². The van der Waals surface area contributed by atoms with Crippen molar-refractivity contribution in [1.82, 2.24) is 5.34 Å². The molecule has 0 aliphatic carbocycles. The van der Waals surface area contributed by atoms with Gasteiger partial charge < -0.3 is 0 Å². The molecule has 5 heteroatoms. The number of hydrogen-bond donors (Lipinski definition) is 2. The van der Waals surface area contributed by atoms with Gasteiger partial charge >= 0.3 is 52.9 Å². The fourth-order valence-electron chi connectivity index (χ4n) is 0. The SMILES string of the molecule is ON(O)[N]=[Ca]. The summed E-state index contributed by atoms with van der Waals surface area (Å²) in [4.78, 5) is 0. The Bertz CT molecular complexity index is 34.6. The van der Waals surface area contributed by atoms with Crippen LogP contribution in [0, 0.1) is 0 Å². The molecule has 26 valence electrons. The van der Waals surface area contributed by atoms with Crippen molar-refractivity contribution in [2.24, 2.45) is 1.51 Å². The first kappa shape index (κ1) is 5.78. The van der Waals surface area contributed by atoms with E-state index in [0.29, 0.717) is 35.7 Å². The van der Waals surface area contributed by atoms with E-state index in [1.54, 1.807) is 0 Å². The van der Waals surface area contributed by atoms with Crippen LogP contribution in [0.25, 0.3) is 0 Å². The van der Waals surface area contributed by atoms with Gasteiger partial charge in [0.15, 0.2) is 0 Å². The minimum absolute atomic E-state index is 0.194. The second kappa shape index (κ2) is 2.99. The van der Waals surface area contributed by atoms with E-state index in [-0.39, 0.29) is 5.34 Å². The number of hydrogen-bond acceptors (Lipinski definition) is 4. The first-order valence-corrected chi connectivity index (χ1v) is 1.90. The fraction of sp³-hybridized carbons (Fsp3) is 0. The third-order valence-corrected chi connectivity index (χ3v) is 0.522. The van der Waals surface area contributed by atoms with E-state index in [1.807, 2.05) is 0 Å². The molecule has 0 rings (SSSR count). The van der Waals surface area contributed by atoms with Gasteiger partial charge in [0.1, 0.15) is 0 Å². The van der Waals surface area contributed by atoms with Crippen LogP contribution in [0.3, 0.4) is 0 Å². The van der Waals surface area contributed by atoms with Crippen LogP contribution < -0.4 is 0 Å². The van der Waals surface area contributed by atoms with Crippen LogP contribution in [0.15, 0.2) is 1.51 Å². The van der Waals surface area contributed by atoms with E-state index in [9.17, 15) is 0 Å². The van der Waals surface area contributed by atoms with E-state index in [0.717, 1.165) is 0 Å². The molecule has 5 heavy (non-hydrogen) atoms. The van der Waals surface area contributed by atoms with Crippen LogP contribution in [0.1, 0.15) is 0 Å². The summed E-state index contributed by atoms with van der Waals surface area (Å²) >= 11 is 0.507. The van der Waals surface area contributed by atoms with Crippen LogP contribution in [0.2, 0.25) is 0 Å². The van der Waals surface area contributed by atoms with Gasteiger partial charge in [0.25, 0.3) is 0 Å². The molecule has 0 radical (unpaired) electrons. The molecule has 0 atom stereocenters. The van der Waals surface area contributed by atoms with Crippen molar-refractivity contribution in [2.45, 2.75) is 0 Å². The second-order valence-electron chi connectivity index (χ2n) is 0.410. The van der Waals surface area contributed by atoms with E-state index in [4.69, 9.17) is 10.4 Å². The Balaban J connectivity index is 2.83. The van der Waals surface area contributed by atoms with Gasteiger partial charge in [-0.05, 0) is 0 Å². The van der Waals surface area contributed by atoms with Gasteiger partial charge in [-0.25, -0.2) is 0 Å². The van der Waals surface area contributed by atoms with Gasteiger partial charge in [-0.1, -0.05) is 0 Å². The normalized spacial score (nSPS) is 7.20. The molecule has 0 saturated carbocycles. The number of nitrogens with zero attached hydrogens (tertiary/aromatic N) is 2. The summed E-state index contributed by atoms with van der Waals surface area (Å²) < 4.78 is 2.96. The van der Waals surface area contributed by atoms with Crippen LogP contribution >= 0.6 is 0 Å². The Morgan fingerprint density at radius 1 is 1.60 bits per heavy atom. The Kier molecular flexibility index (Phi) is 3.46. The molecule has 0 spiro atoms. The van der Waals surface area contributed by atoms with Crippen LogP contribution in [0.5, 0.6) is 0 Å². The summed E-state index contributed by atoms with van der Waals surface area (Å²) in [5, 5.41) is 15.0. The molecule has 0 aromatic heterocycles. The average Bonchev–Trinajstić information content (AvgIpc) is 1.38. The van der Waals surface area contributed by atoms with E-state index in [1.165, 1.54) is 0 Å². The molecule has 0 saturated heterocycles. The van der Waals surface area contributed by atoms with Crippen molar-refractivity contribution in [3.8, 4) is 0 Å². The molecular weight excluding hydrogens is 100 g/mol. The van der Waals surface area contributed by atoms with E-state index in [2.05, 4.69) is 1.51 Å². The summed E-state index contributed by atoms with van der Waals surface area (Å²) in [5.74, 6) is 0. The first-order chi connectivity index (χ1) is 2.27. The topological polar surface area (TPSA) is 56.1 Å². The maximum atomic E-state index is 7.61. The monoisotopic (exact) mass is 102 g/mol. The minimum atomic E-state index is -0.194. The third kappa shape index (κ3) is 4.78. The van der Waals surface area contributed by atoms with Crippen molar-refractivity contribution < 1.29 is 10.4 Å². The van der Waals surface area contributed by atoms with Gasteiger partial charge in [-0.3, -0.25) is 0 Å². The Hall–Kier alpha value is 0.780. The summed E-state index contributed by atoms with van der Waals surface area (Å²) in [6.07, 6.45) is 0. The molecule has 0 heterocycles. The van der Waals surface area contributed by atoms with Crippen LogP contribution in [0.4, 0.5) is 0 Å². The predicted octanol–water partition coefficient (Wildman–Crippen LogP) is -0.666. The van der Waals surface area contributed by atoms with Crippen molar-refractivity contribution in [1.29, 1.82) is 0 Å². The van der Waals surface area contributed by atoms with Crippen molar-refractivity contribution in [3.63, 3.8) is 0 Å². The molecule has 0 aromatic rings. The molecule has 0 amide bonds. The van der Waals surface area contributed by atoms with Crippen LogP contribution in [-0.4, -0.2) is 51.4 Å². The zero-order valence-corrected chi connectivity index (χ0v) is 4.70. The quantitative estimate of drug-likeness (QED) is 0.341. The summed E-state index contributed by atoms with van der Waals surface area (Å²) in [6.45, 7) is 0. The van der Waals surface area contributed by atoms with E-state index < -0.39 is 0 Å². The van der Waals surface area contributed by atoms with Crippen molar-refractivity contribution in [3.05, 3.63) is 0 Å². The van der Waals surface area contributed by atoms with Gasteiger partial charge in [0.05, 0.1) is 0 Å². The molecule has 0 aliphatic rings. The zero-order chi connectivity index (χ0) is 4.28. The maximum absolute atomic E-state index is 7.61. The first-order valence-electron chi connectivity index (χ1n) is 0.916. The molecule has 4 nitrogen and oxygen atoms in total. The molecule has 0 fully saturated rings. The van der Waals surface area contributed by atoms with Gasteiger partial charge in [0, 0.05) is 0 Å². The van der Waals surface area contributed by atoms with Crippen LogP contribution in [-0.2, 0) is 0 Å². The Labute approximate surface area is 52.7 Å². The van der Waals surface area contributed by atoms with Gasteiger partial charge in [-0.2, -0.15) is 0 Å². The molecule has 0 aromatic carbocycles. The molecular formula is H2CaN2O2. The third-order valence-electron chi connectivity index (χ3n) is 0.126. The van der Waals surface area contributed by atoms with Crippen molar-refractivity contribution >= 4 is 35.7 Å². The molecule has 0 unspecified atom stereocenters. The average molecular weight is 102 g/mol. The molecule has 0 aliphatic heterocycles. The molecule has 0 bridgehead atoms. The standard InChI is InChI=1S/Ca.H2N2O2/c;1-2(3)4/h;3-4H. The predicted molar refractivity (Wildman–Crippen MR) is 13.6 cm³/mol. The van der Waals surface area contributed by atoms with Gasteiger partial charge in [0.2, 0.25) is 0 Å². The number of rotatable bonds is 1. The molecule has 2 N–H and O–H groups in total. The Morgan fingerprint density at radius 3 is 1.80 bits per heavy atom. The Morgan fingerprint density at radius 2 is 1.80 bits per heavy atom. The van der Waals surface area contributed by atoms with E-state index >= 15 is 0 Å². The summed E-state index contributed by atoms with van der Waals surface area (Å²) in [5.41, 5.74) is 0. The fourth-order valence-corrected chi connectivity index (χ4v) is 0. The second-order valence-corrected chi connectivity index (χ2v) is 0.851. The summed E-state index contributed by atoms with van der Waals surface area (Å²) in [6, 6.07) is 0. The van der Waals surface area contributed by atoms with Crippen molar-refractivity contribution in [2.75, 3.05) is 0 Å². The summed E-state index contributed by atoms with van der Waals surface area (Å²) in [7, 11) is 0. The zero-order valence-electron chi connectivity index (χ0n) is 2.50.